The summed E-state index contributed by atoms with van der Waals surface area (Å²) in [6.45, 7) is 5.93. The molecule has 32 heavy (non-hydrogen) atoms. The first-order chi connectivity index (χ1) is 15.5. The van der Waals surface area contributed by atoms with Crippen molar-refractivity contribution in [3.8, 4) is 11.3 Å². The van der Waals surface area contributed by atoms with E-state index in [2.05, 4.69) is 16.5 Å². The number of halogens is 1. The van der Waals surface area contributed by atoms with Crippen molar-refractivity contribution in [1.29, 1.82) is 0 Å². The standard InChI is InChI=1S/C25H26ClN5O/c1-18-15-19(2)31(28-18)14-6-13-27-25(32)23-17-30(16-20-7-4-3-5-8-20)29-24(23)21-9-11-22(26)12-10-21/h3-5,7-12,15,17H,6,13-14,16H2,1-2H3,(H,27,32). The normalized spacial score (nSPS) is 11.0. The van der Waals surface area contributed by atoms with Crippen LogP contribution >= 0.6 is 11.6 Å². The van der Waals surface area contributed by atoms with Crippen molar-refractivity contribution in [3.63, 3.8) is 0 Å². The first-order valence-corrected chi connectivity index (χ1v) is 11.0. The maximum absolute atomic E-state index is 13.0. The maximum Gasteiger partial charge on any atom is 0.255 e. The topological polar surface area (TPSA) is 64.7 Å². The number of hydrogen-bond donors (Lipinski definition) is 1. The van der Waals surface area contributed by atoms with Crippen molar-refractivity contribution in [2.24, 2.45) is 0 Å². The van der Waals surface area contributed by atoms with Gasteiger partial charge in [-0.1, -0.05) is 54.1 Å². The number of benzene rings is 2. The van der Waals surface area contributed by atoms with Gasteiger partial charge in [0.25, 0.3) is 5.91 Å². The minimum atomic E-state index is -0.136. The van der Waals surface area contributed by atoms with Crippen LogP contribution in [0.15, 0.2) is 66.9 Å². The highest BCUT2D eigenvalue weighted by Crippen LogP contribution is 2.24. The van der Waals surface area contributed by atoms with Gasteiger partial charge in [0.05, 0.1) is 17.8 Å². The molecule has 2 aromatic carbocycles. The fraction of sp³-hybridized carbons (Fsp3) is 0.240. The van der Waals surface area contributed by atoms with Gasteiger partial charge in [-0.3, -0.25) is 14.2 Å². The first-order valence-electron chi connectivity index (χ1n) is 10.7. The SMILES string of the molecule is Cc1cc(C)n(CCCNC(=O)c2cn(Cc3ccccc3)nc2-c2ccc(Cl)cc2)n1. The number of aromatic nitrogens is 4. The third kappa shape index (κ3) is 5.26. The predicted octanol–water partition coefficient (Wildman–Crippen LogP) is 4.89. The van der Waals surface area contributed by atoms with Crippen molar-refractivity contribution in [2.45, 2.75) is 33.4 Å². The highest BCUT2D eigenvalue weighted by molar-refractivity contribution is 6.30. The Hall–Kier alpha value is -3.38. The van der Waals surface area contributed by atoms with E-state index in [-0.39, 0.29) is 5.91 Å². The van der Waals surface area contributed by atoms with Crippen molar-refractivity contribution >= 4 is 17.5 Å². The number of aryl methyl sites for hydroxylation is 3. The van der Waals surface area contributed by atoms with E-state index in [1.807, 2.05) is 84.0 Å². The maximum atomic E-state index is 13.0. The predicted molar refractivity (Wildman–Crippen MR) is 127 cm³/mol. The molecule has 0 unspecified atom stereocenters. The number of hydrogen-bond acceptors (Lipinski definition) is 3. The monoisotopic (exact) mass is 447 g/mol. The lowest BCUT2D eigenvalue weighted by molar-refractivity contribution is 0.0953. The van der Waals surface area contributed by atoms with Crippen molar-refractivity contribution in [1.82, 2.24) is 24.9 Å². The molecule has 0 fully saturated rings. The summed E-state index contributed by atoms with van der Waals surface area (Å²) >= 11 is 6.05. The largest absolute Gasteiger partial charge is 0.352 e. The molecule has 1 N–H and O–H groups in total. The zero-order valence-electron chi connectivity index (χ0n) is 18.3. The van der Waals surface area contributed by atoms with Gasteiger partial charge in [-0.15, -0.1) is 0 Å². The molecule has 0 saturated heterocycles. The van der Waals surface area contributed by atoms with E-state index < -0.39 is 0 Å². The van der Waals surface area contributed by atoms with Crippen molar-refractivity contribution in [3.05, 3.63) is 94.4 Å². The van der Waals surface area contributed by atoms with Crippen LogP contribution in [0.4, 0.5) is 0 Å². The highest BCUT2D eigenvalue weighted by atomic mass is 35.5. The Morgan fingerprint density at radius 1 is 1.03 bits per heavy atom. The summed E-state index contributed by atoms with van der Waals surface area (Å²) in [5.74, 6) is -0.136. The number of nitrogens with zero attached hydrogens (tertiary/aromatic N) is 4. The minimum absolute atomic E-state index is 0.136. The fourth-order valence-corrected chi connectivity index (χ4v) is 3.81. The molecule has 0 aliphatic heterocycles. The average Bonchev–Trinajstić information content (AvgIpc) is 3.34. The number of rotatable bonds is 8. The van der Waals surface area contributed by atoms with Crippen LogP contribution in [0.2, 0.25) is 5.02 Å². The van der Waals surface area contributed by atoms with E-state index in [4.69, 9.17) is 16.7 Å². The molecule has 2 heterocycles. The summed E-state index contributed by atoms with van der Waals surface area (Å²) in [4.78, 5) is 13.0. The Balaban J connectivity index is 1.49. The zero-order chi connectivity index (χ0) is 22.5. The third-order valence-corrected chi connectivity index (χ3v) is 5.50. The van der Waals surface area contributed by atoms with Crippen molar-refractivity contribution in [2.75, 3.05) is 6.54 Å². The molecule has 0 bridgehead atoms. The molecule has 2 aromatic heterocycles. The van der Waals surface area contributed by atoms with Crippen LogP contribution in [0.25, 0.3) is 11.3 Å². The Morgan fingerprint density at radius 2 is 1.78 bits per heavy atom. The van der Waals surface area contributed by atoms with Crippen LogP contribution in [0.5, 0.6) is 0 Å². The van der Waals surface area contributed by atoms with Crippen molar-refractivity contribution < 1.29 is 4.79 Å². The average molecular weight is 448 g/mol. The Labute approximate surface area is 192 Å². The summed E-state index contributed by atoms with van der Waals surface area (Å²) in [6, 6.07) is 19.5. The summed E-state index contributed by atoms with van der Waals surface area (Å²) in [5.41, 5.74) is 5.30. The van der Waals surface area contributed by atoms with Gasteiger partial charge < -0.3 is 5.32 Å². The number of carbonyl (C=O) groups excluding carboxylic acids is 1. The molecule has 0 atom stereocenters. The van der Waals surface area contributed by atoms with Gasteiger partial charge in [-0.05, 0) is 44.0 Å². The molecular formula is C25H26ClN5O. The molecule has 4 rings (SSSR count). The molecule has 0 saturated carbocycles. The van der Waals surface area contributed by atoms with Crippen LogP contribution in [-0.4, -0.2) is 32.0 Å². The van der Waals surface area contributed by atoms with E-state index in [0.717, 1.165) is 35.5 Å². The van der Waals surface area contributed by atoms with Crippen LogP contribution in [0, 0.1) is 13.8 Å². The molecule has 0 spiro atoms. The van der Waals surface area contributed by atoms with Crippen LogP contribution in [0.3, 0.4) is 0 Å². The molecule has 7 heteroatoms. The number of amides is 1. The van der Waals surface area contributed by atoms with E-state index in [9.17, 15) is 4.79 Å². The Kier molecular flexibility index (Phi) is 6.71. The second-order valence-electron chi connectivity index (χ2n) is 7.84. The van der Waals surface area contributed by atoms with E-state index in [0.29, 0.717) is 29.4 Å². The van der Waals surface area contributed by atoms with Gasteiger partial charge in [0.1, 0.15) is 5.69 Å². The smallest absolute Gasteiger partial charge is 0.255 e. The molecule has 0 aliphatic rings. The molecule has 4 aromatic rings. The third-order valence-electron chi connectivity index (χ3n) is 5.25. The van der Waals surface area contributed by atoms with Gasteiger partial charge in [0.15, 0.2) is 0 Å². The second kappa shape index (κ2) is 9.83. The van der Waals surface area contributed by atoms with Gasteiger partial charge in [-0.2, -0.15) is 10.2 Å². The number of nitrogens with one attached hydrogen (secondary N) is 1. The fourth-order valence-electron chi connectivity index (χ4n) is 3.69. The Morgan fingerprint density at radius 3 is 2.47 bits per heavy atom. The van der Waals surface area contributed by atoms with Gasteiger partial charge in [-0.25, -0.2) is 0 Å². The zero-order valence-corrected chi connectivity index (χ0v) is 19.0. The van der Waals surface area contributed by atoms with Gasteiger partial charge >= 0.3 is 0 Å². The molecule has 6 nitrogen and oxygen atoms in total. The molecule has 0 aliphatic carbocycles. The lowest BCUT2D eigenvalue weighted by Crippen LogP contribution is -2.25. The molecule has 0 radical (unpaired) electrons. The summed E-state index contributed by atoms with van der Waals surface area (Å²) in [7, 11) is 0. The van der Waals surface area contributed by atoms with Crippen LogP contribution in [-0.2, 0) is 13.1 Å². The first kappa shape index (κ1) is 21.8. The van der Waals surface area contributed by atoms with E-state index in [1.165, 1.54) is 0 Å². The number of carbonyl (C=O) groups is 1. The highest BCUT2D eigenvalue weighted by Gasteiger charge is 2.18. The molecular weight excluding hydrogens is 422 g/mol. The van der Waals surface area contributed by atoms with Crippen LogP contribution in [0.1, 0.15) is 33.7 Å². The Bertz CT molecular complexity index is 1200. The van der Waals surface area contributed by atoms with Gasteiger partial charge in [0, 0.05) is 35.6 Å². The second-order valence-corrected chi connectivity index (χ2v) is 8.28. The van der Waals surface area contributed by atoms with Gasteiger partial charge in [0.2, 0.25) is 0 Å². The summed E-state index contributed by atoms with van der Waals surface area (Å²) < 4.78 is 3.78. The molecule has 1 amide bonds. The lowest BCUT2D eigenvalue weighted by Gasteiger charge is -2.07. The minimum Gasteiger partial charge on any atom is -0.352 e. The van der Waals surface area contributed by atoms with E-state index >= 15 is 0 Å². The quantitative estimate of drug-likeness (QED) is 0.391. The van der Waals surface area contributed by atoms with E-state index in [1.54, 1.807) is 0 Å². The summed E-state index contributed by atoms with van der Waals surface area (Å²) in [6.07, 6.45) is 2.61. The lowest BCUT2D eigenvalue weighted by atomic mass is 10.1. The van der Waals surface area contributed by atoms with Crippen LogP contribution < -0.4 is 5.32 Å². The summed E-state index contributed by atoms with van der Waals surface area (Å²) in [5, 5.41) is 12.9. The molecule has 164 valence electrons.